The van der Waals surface area contributed by atoms with Gasteiger partial charge in [-0.3, -0.25) is 18.7 Å². The van der Waals surface area contributed by atoms with Gasteiger partial charge in [-0.25, -0.2) is 0 Å². The molecular weight excluding hydrogens is 316 g/mol. The summed E-state index contributed by atoms with van der Waals surface area (Å²) in [6.45, 7) is 1.03. The number of benzene rings is 1. The highest BCUT2D eigenvalue weighted by atomic mass is 32.2. The van der Waals surface area contributed by atoms with Gasteiger partial charge in [-0.2, -0.15) is 0 Å². The molecule has 23 heavy (non-hydrogen) atoms. The molecule has 2 amide bonds. The summed E-state index contributed by atoms with van der Waals surface area (Å²) in [4.78, 5) is 27.1. The summed E-state index contributed by atoms with van der Waals surface area (Å²) >= 11 is 0. The van der Waals surface area contributed by atoms with Crippen LogP contribution in [0, 0.1) is 0 Å². The van der Waals surface area contributed by atoms with Crippen molar-refractivity contribution in [2.75, 3.05) is 37.5 Å². The van der Waals surface area contributed by atoms with E-state index in [1.807, 2.05) is 30.3 Å². The lowest BCUT2D eigenvalue weighted by molar-refractivity contribution is -0.136. The predicted octanol–water partition coefficient (Wildman–Crippen LogP) is 0.747. The fraction of sp³-hybridized carbons (Fsp3) is 0.500. The maximum Gasteiger partial charge on any atom is 0.248 e. The summed E-state index contributed by atoms with van der Waals surface area (Å²) in [5.74, 6) is -0.115. The third-order valence-corrected chi connectivity index (χ3v) is 6.46. The Kier molecular flexibility index (Phi) is 4.50. The van der Waals surface area contributed by atoms with E-state index in [1.165, 1.54) is 7.11 Å². The van der Waals surface area contributed by atoms with E-state index >= 15 is 0 Å². The van der Waals surface area contributed by atoms with Crippen LogP contribution in [-0.4, -0.2) is 58.4 Å². The second-order valence-electron chi connectivity index (χ2n) is 5.81. The Hall–Kier alpha value is -1.73. The summed E-state index contributed by atoms with van der Waals surface area (Å²) in [6.07, 6.45) is 1.05. The molecule has 2 aliphatic heterocycles. The first-order valence-corrected chi connectivity index (χ1v) is 8.94. The van der Waals surface area contributed by atoms with E-state index in [1.54, 1.807) is 9.80 Å². The summed E-state index contributed by atoms with van der Waals surface area (Å²) in [6, 6.07) is 9.36. The number of likely N-dealkylation sites (tertiary alicyclic amines) is 1. The molecule has 1 aromatic carbocycles. The Bertz CT molecular complexity index is 626. The van der Waals surface area contributed by atoms with Crippen LogP contribution in [0.1, 0.15) is 12.8 Å². The second kappa shape index (κ2) is 6.41. The van der Waals surface area contributed by atoms with E-state index in [2.05, 4.69) is 0 Å². The van der Waals surface area contributed by atoms with Crippen molar-refractivity contribution >= 4 is 28.3 Å². The van der Waals surface area contributed by atoms with Gasteiger partial charge in [-0.05, 0) is 12.1 Å². The third kappa shape index (κ3) is 2.79. The molecule has 124 valence electrons. The predicted molar refractivity (Wildman–Crippen MR) is 87.4 cm³/mol. The molecule has 0 N–H and O–H groups in total. The number of hydrogen-bond donors (Lipinski definition) is 0. The average Bonchev–Trinajstić information content (AvgIpc) is 2.79. The van der Waals surface area contributed by atoms with Crippen molar-refractivity contribution in [3.63, 3.8) is 0 Å². The van der Waals surface area contributed by atoms with Gasteiger partial charge in [0.15, 0.2) is 0 Å². The van der Waals surface area contributed by atoms with Crippen LogP contribution in [0.15, 0.2) is 30.3 Å². The maximum absolute atomic E-state index is 12.7. The topological polar surface area (TPSA) is 66.9 Å². The summed E-state index contributed by atoms with van der Waals surface area (Å²) < 4.78 is 17.6. The van der Waals surface area contributed by atoms with Crippen molar-refractivity contribution in [1.29, 1.82) is 0 Å². The molecule has 1 aromatic rings. The zero-order valence-electron chi connectivity index (χ0n) is 13.1. The smallest absolute Gasteiger partial charge is 0.248 e. The van der Waals surface area contributed by atoms with Gasteiger partial charge in [0.25, 0.3) is 0 Å². The quantitative estimate of drug-likeness (QED) is 0.817. The molecule has 6 nitrogen and oxygen atoms in total. The highest BCUT2D eigenvalue weighted by Crippen LogP contribution is 2.40. The van der Waals surface area contributed by atoms with E-state index < -0.39 is 15.7 Å². The Balaban J connectivity index is 1.84. The van der Waals surface area contributed by atoms with E-state index in [-0.39, 0.29) is 24.2 Å². The lowest BCUT2D eigenvalue weighted by Crippen LogP contribution is -2.56. The van der Waals surface area contributed by atoms with Crippen molar-refractivity contribution in [3.8, 4) is 0 Å². The fourth-order valence-electron chi connectivity index (χ4n) is 3.37. The van der Waals surface area contributed by atoms with Gasteiger partial charge in [0.1, 0.15) is 17.2 Å². The van der Waals surface area contributed by atoms with Crippen LogP contribution in [0.5, 0.6) is 0 Å². The van der Waals surface area contributed by atoms with Crippen LogP contribution >= 0.6 is 0 Å². The molecule has 1 spiro atoms. The van der Waals surface area contributed by atoms with Gasteiger partial charge in [0, 0.05) is 38.7 Å². The molecule has 0 saturated carbocycles. The van der Waals surface area contributed by atoms with Crippen molar-refractivity contribution in [2.24, 2.45) is 0 Å². The first-order chi connectivity index (χ1) is 11.1. The fourth-order valence-corrected chi connectivity index (χ4v) is 5.04. The minimum atomic E-state index is -1.25. The van der Waals surface area contributed by atoms with Crippen molar-refractivity contribution in [2.45, 2.75) is 17.7 Å². The number of carbonyl (C=O) groups is 2. The molecule has 0 bridgehead atoms. The summed E-state index contributed by atoms with van der Waals surface area (Å²) in [5, 5.41) is 0. The highest BCUT2D eigenvalue weighted by Gasteiger charge is 2.53. The number of anilines is 1. The van der Waals surface area contributed by atoms with Crippen LogP contribution < -0.4 is 4.90 Å². The van der Waals surface area contributed by atoms with E-state index in [0.717, 1.165) is 5.69 Å². The van der Waals surface area contributed by atoms with E-state index in [4.69, 9.17) is 4.74 Å². The van der Waals surface area contributed by atoms with Crippen LogP contribution in [0.3, 0.4) is 0 Å². The molecule has 7 heteroatoms. The number of para-hydroxylation sites is 1. The lowest BCUT2D eigenvalue weighted by Gasteiger charge is -2.43. The van der Waals surface area contributed by atoms with Crippen molar-refractivity contribution < 1.29 is 18.5 Å². The summed E-state index contributed by atoms with van der Waals surface area (Å²) in [7, 11) is 0.238. The second-order valence-corrected chi connectivity index (χ2v) is 7.55. The molecule has 1 atom stereocenters. The van der Waals surface area contributed by atoms with Crippen molar-refractivity contribution in [1.82, 2.24) is 4.90 Å². The molecule has 2 fully saturated rings. The Morgan fingerprint density at radius 1 is 1.26 bits per heavy atom. The Morgan fingerprint density at radius 2 is 1.91 bits per heavy atom. The van der Waals surface area contributed by atoms with E-state index in [0.29, 0.717) is 25.9 Å². The van der Waals surface area contributed by atoms with Gasteiger partial charge in [0.05, 0.1) is 10.8 Å². The minimum Gasteiger partial charge on any atom is -0.375 e. The van der Waals surface area contributed by atoms with Gasteiger partial charge in [-0.15, -0.1) is 0 Å². The average molecular weight is 336 g/mol. The SMILES string of the molecule is COCC(=O)N1CCC2(CC1)N(c1ccccc1)C(=O)CS2=O. The van der Waals surface area contributed by atoms with E-state index in [9.17, 15) is 13.8 Å². The number of piperidine rings is 1. The third-order valence-electron chi connectivity index (χ3n) is 4.51. The van der Waals surface area contributed by atoms with Crippen LogP contribution in [0.2, 0.25) is 0 Å². The highest BCUT2D eigenvalue weighted by molar-refractivity contribution is 7.88. The largest absolute Gasteiger partial charge is 0.375 e. The maximum atomic E-state index is 12.7. The molecule has 3 rings (SSSR count). The minimum absolute atomic E-state index is 0.0530. The number of ether oxygens (including phenoxy) is 1. The van der Waals surface area contributed by atoms with Gasteiger partial charge < -0.3 is 9.64 Å². The molecule has 1 unspecified atom stereocenters. The molecule has 0 aromatic heterocycles. The van der Waals surface area contributed by atoms with Crippen LogP contribution in [-0.2, 0) is 25.1 Å². The van der Waals surface area contributed by atoms with Crippen LogP contribution in [0.25, 0.3) is 0 Å². The number of methoxy groups -OCH3 is 1. The Morgan fingerprint density at radius 3 is 2.52 bits per heavy atom. The number of hydrogen-bond acceptors (Lipinski definition) is 4. The number of amides is 2. The molecule has 2 heterocycles. The van der Waals surface area contributed by atoms with Crippen molar-refractivity contribution in [3.05, 3.63) is 30.3 Å². The summed E-state index contributed by atoms with van der Waals surface area (Å²) in [5.41, 5.74) is 0.778. The van der Waals surface area contributed by atoms with Gasteiger partial charge >= 0.3 is 0 Å². The van der Waals surface area contributed by atoms with Crippen LogP contribution in [0.4, 0.5) is 5.69 Å². The molecule has 0 aliphatic carbocycles. The monoisotopic (exact) mass is 336 g/mol. The standard InChI is InChI=1S/C16H20N2O4S/c1-22-11-14(19)17-9-7-16(8-10-17)18(15(20)12-23(16)21)13-5-3-2-4-6-13/h2-6H,7-12H2,1H3. The molecule has 2 saturated heterocycles. The zero-order valence-corrected chi connectivity index (χ0v) is 13.9. The number of nitrogens with zero attached hydrogens (tertiary/aromatic N) is 2. The lowest BCUT2D eigenvalue weighted by atomic mass is 10.0. The Labute approximate surface area is 137 Å². The van der Waals surface area contributed by atoms with Gasteiger partial charge in [0.2, 0.25) is 11.8 Å². The zero-order chi connectivity index (χ0) is 16.4. The molecule has 2 aliphatic rings. The molecular formula is C16H20N2O4S. The normalized spacial score (nSPS) is 23.5. The van der Waals surface area contributed by atoms with Gasteiger partial charge in [-0.1, -0.05) is 18.2 Å². The number of rotatable bonds is 3. The number of carbonyl (C=O) groups excluding carboxylic acids is 2. The first-order valence-electron chi connectivity index (χ1n) is 7.62. The first kappa shape index (κ1) is 16.1. The molecule has 0 radical (unpaired) electrons.